The fraction of sp³-hybridized carbons (Fsp3) is 0.375. The van der Waals surface area contributed by atoms with Crippen molar-refractivity contribution in [3.05, 3.63) is 30.1 Å². The zero-order valence-electron chi connectivity index (χ0n) is 5.66. The van der Waals surface area contributed by atoms with Gasteiger partial charge in [-0.2, -0.15) is 0 Å². The predicted molar refractivity (Wildman–Crippen MR) is 37.7 cm³/mol. The Kier molecular flexibility index (Phi) is 1.40. The van der Waals surface area contributed by atoms with E-state index < -0.39 is 0 Å². The molecular formula is C8H9NO. The van der Waals surface area contributed by atoms with E-state index in [0.29, 0.717) is 6.10 Å². The molecule has 1 unspecified atom stereocenters. The summed E-state index contributed by atoms with van der Waals surface area (Å²) in [6.45, 7) is 0.913. The van der Waals surface area contributed by atoms with Crippen LogP contribution in [0.4, 0.5) is 0 Å². The molecule has 1 aliphatic rings. The summed E-state index contributed by atoms with van der Waals surface area (Å²) in [4.78, 5) is 4.18. The molecule has 10 heavy (non-hydrogen) atoms. The van der Waals surface area contributed by atoms with Gasteiger partial charge < -0.3 is 4.74 Å². The maximum Gasteiger partial charge on any atom is 0.0865 e. The average molecular weight is 135 g/mol. The van der Waals surface area contributed by atoms with Gasteiger partial charge in [-0.25, -0.2) is 0 Å². The molecule has 1 aliphatic heterocycles. The van der Waals surface area contributed by atoms with E-state index in [1.165, 1.54) is 0 Å². The predicted octanol–water partition coefficient (Wildman–Crippen LogP) is 1.02. The van der Waals surface area contributed by atoms with E-state index in [0.717, 1.165) is 18.7 Å². The van der Waals surface area contributed by atoms with E-state index in [2.05, 4.69) is 4.98 Å². The van der Waals surface area contributed by atoms with Crippen LogP contribution in [0.2, 0.25) is 0 Å². The molecule has 0 bridgehead atoms. The molecule has 2 nitrogen and oxygen atoms in total. The Morgan fingerprint density at radius 1 is 1.60 bits per heavy atom. The van der Waals surface area contributed by atoms with E-state index in [1.54, 1.807) is 0 Å². The second-order valence-electron chi connectivity index (χ2n) is 2.48. The number of aromatic nitrogens is 1. The second kappa shape index (κ2) is 2.39. The molecule has 0 saturated carbocycles. The summed E-state index contributed by atoms with van der Waals surface area (Å²) in [5.74, 6) is 0. The van der Waals surface area contributed by atoms with Crippen LogP contribution >= 0.6 is 0 Å². The normalized spacial score (nSPS) is 22.6. The van der Waals surface area contributed by atoms with Gasteiger partial charge in [0.1, 0.15) is 0 Å². The molecule has 2 rings (SSSR count). The van der Waals surface area contributed by atoms with Gasteiger partial charge in [-0.3, -0.25) is 4.98 Å². The van der Waals surface area contributed by atoms with Crippen LogP contribution in [-0.4, -0.2) is 17.7 Å². The summed E-state index contributed by atoms with van der Waals surface area (Å²) in [5.41, 5.74) is 1.13. The fourth-order valence-corrected chi connectivity index (χ4v) is 0.938. The lowest BCUT2D eigenvalue weighted by molar-refractivity contribution is 0.406. The van der Waals surface area contributed by atoms with E-state index in [-0.39, 0.29) is 0 Å². The van der Waals surface area contributed by atoms with Crippen molar-refractivity contribution in [2.45, 2.75) is 12.5 Å². The molecule has 1 saturated heterocycles. The molecule has 1 aromatic heterocycles. The number of nitrogens with zero attached hydrogens (tertiary/aromatic N) is 1. The number of hydrogen-bond donors (Lipinski definition) is 0. The van der Waals surface area contributed by atoms with Crippen LogP contribution in [0.5, 0.6) is 0 Å². The minimum absolute atomic E-state index is 0.454. The Hall–Kier alpha value is -0.890. The summed E-state index contributed by atoms with van der Waals surface area (Å²) >= 11 is 0. The lowest BCUT2D eigenvalue weighted by Crippen LogP contribution is -1.94. The highest BCUT2D eigenvalue weighted by molar-refractivity contribution is 5.05. The molecule has 0 aromatic carbocycles. The van der Waals surface area contributed by atoms with Gasteiger partial charge in [0.25, 0.3) is 0 Å². The van der Waals surface area contributed by atoms with E-state index in [9.17, 15) is 0 Å². The zero-order chi connectivity index (χ0) is 6.81. The molecule has 0 N–H and O–H groups in total. The Bertz CT molecular complexity index is 206. The molecular weight excluding hydrogens is 126 g/mol. The Labute approximate surface area is 59.9 Å². The molecule has 52 valence electrons. The highest BCUT2D eigenvalue weighted by Gasteiger charge is 2.22. The quantitative estimate of drug-likeness (QED) is 0.566. The third kappa shape index (κ3) is 1.33. The first-order chi connectivity index (χ1) is 4.95. The number of hydrogen-bond acceptors (Lipinski definition) is 2. The van der Waals surface area contributed by atoms with Crippen molar-refractivity contribution >= 4 is 0 Å². The minimum Gasteiger partial charge on any atom is -0.373 e. The standard InChI is InChI=1S/C8H9NO/c1-2-4-9-7(3-1)5-8-6-10-8/h1-4,8H,5-6H2. The van der Waals surface area contributed by atoms with Crippen LogP contribution < -0.4 is 0 Å². The first kappa shape index (κ1) is 5.86. The van der Waals surface area contributed by atoms with Crippen LogP contribution in [-0.2, 0) is 11.2 Å². The van der Waals surface area contributed by atoms with E-state index in [4.69, 9.17) is 4.74 Å². The number of epoxide rings is 1. The Morgan fingerprint density at radius 3 is 3.10 bits per heavy atom. The van der Waals surface area contributed by atoms with Crippen molar-refractivity contribution in [3.8, 4) is 0 Å². The lowest BCUT2D eigenvalue weighted by atomic mass is 10.2. The maximum atomic E-state index is 5.07. The van der Waals surface area contributed by atoms with Gasteiger partial charge in [0.15, 0.2) is 0 Å². The van der Waals surface area contributed by atoms with Crippen LogP contribution in [0, 0.1) is 0 Å². The molecule has 0 radical (unpaired) electrons. The first-order valence-electron chi connectivity index (χ1n) is 3.46. The zero-order valence-corrected chi connectivity index (χ0v) is 5.66. The molecule has 2 heteroatoms. The molecule has 0 spiro atoms. The van der Waals surface area contributed by atoms with E-state index in [1.807, 2.05) is 24.4 Å². The smallest absolute Gasteiger partial charge is 0.0865 e. The van der Waals surface area contributed by atoms with Gasteiger partial charge in [0, 0.05) is 18.3 Å². The SMILES string of the molecule is c1ccc(CC2CO2)nc1. The summed E-state index contributed by atoms with van der Waals surface area (Å²) in [6.07, 6.45) is 3.24. The second-order valence-corrected chi connectivity index (χ2v) is 2.48. The number of rotatable bonds is 2. The molecule has 2 heterocycles. The summed E-state index contributed by atoms with van der Waals surface area (Å²) in [6, 6.07) is 5.96. The van der Waals surface area contributed by atoms with Crippen LogP contribution in [0.3, 0.4) is 0 Å². The molecule has 1 atom stereocenters. The largest absolute Gasteiger partial charge is 0.373 e. The van der Waals surface area contributed by atoms with Crippen molar-refractivity contribution in [2.24, 2.45) is 0 Å². The van der Waals surface area contributed by atoms with Gasteiger partial charge >= 0.3 is 0 Å². The van der Waals surface area contributed by atoms with Crippen molar-refractivity contribution in [1.82, 2.24) is 4.98 Å². The topological polar surface area (TPSA) is 25.4 Å². The van der Waals surface area contributed by atoms with Gasteiger partial charge in [-0.05, 0) is 12.1 Å². The van der Waals surface area contributed by atoms with Crippen molar-refractivity contribution < 1.29 is 4.74 Å². The van der Waals surface area contributed by atoms with E-state index >= 15 is 0 Å². The van der Waals surface area contributed by atoms with Gasteiger partial charge in [-0.15, -0.1) is 0 Å². The average Bonchev–Trinajstić information content (AvgIpc) is 2.74. The van der Waals surface area contributed by atoms with Crippen LogP contribution in [0.15, 0.2) is 24.4 Å². The summed E-state index contributed by atoms with van der Waals surface area (Å²) < 4.78 is 5.07. The Balaban J connectivity index is 2.03. The molecule has 1 fully saturated rings. The third-order valence-electron chi connectivity index (χ3n) is 1.57. The number of ether oxygens (including phenoxy) is 1. The Morgan fingerprint density at radius 2 is 2.50 bits per heavy atom. The van der Waals surface area contributed by atoms with Crippen LogP contribution in [0.1, 0.15) is 5.69 Å². The number of pyridine rings is 1. The third-order valence-corrected chi connectivity index (χ3v) is 1.57. The monoisotopic (exact) mass is 135 g/mol. The van der Waals surface area contributed by atoms with Crippen molar-refractivity contribution in [3.63, 3.8) is 0 Å². The first-order valence-corrected chi connectivity index (χ1v) is 3.46. The van der Waals surface area contributed by atoms with Gasteiger partial charge in [0.05, 0.1) is 12.7 Å². The highest BCUT2D eigenvalue weighted by atomic mass is 16.6. The molecule has 0 amide bonds. The van der Waals surface area contributed by atoms with Gasteiger partial charge in [0.2, 0.25) is 0 Å². The summed E-state index contributed by atoms with van der Waals surface area (Å²) in [5, 5.41) is 0. The van der Waals surface area contributed by atoms with Crippen molar-refractivity contribution in [1.29, 1.82) is 0 Å². The van der Waals surface area contributed by atoms with Gasteiger partial charge in [-0.1, -0.05) is 6.07 Å². The minimum atomic E-state index is 0.454. The lowest BCUT2D eigenvalue weighted by Gasteiger charge is -1.92. The molecule has 0 aliphatic carbocycles. The van der Waals surface area contributed by atoms with Crippen LogP contribution in [0.25, 0.3) is 0 Å². The highest BCUT2D eigenvalue weighted by Crippen LogP contribution is 2.13. The fourth-order valence-electron chi connectivity index (χ4n) is 0.938. The molecule has 1 aromatic rings. The maximum absolute atomic E-state index is 5.07. The van der Waals surface area contributed by atoms with Crippen molar-refractivity contribution in [2.75, 3.05) is 6.61 Å². The summed E-state index contributed by atoms with van der Waals surface area (Å²) in [7, 11) is 0.